The lowest BCUT2D eigenvalue weighted by molar-refractivity contribution is -0.307. The molecule has 0 saturated carbocycles. The van der Waals surface area contributed by atoms with E-state index < -0.39 is 0 Å². The molecule has 2 rings (SSSR count). The molecule has 2 heterocycles. The summed E-state index contributed by atoms with van der Waals surface area (Å²) in [5, 5.41) is 0. The lowest BCUT2D eigenvalue weighted by Crippen LogP contribution is -2.47. The number of ether oxygens (including phenoxy) is 3. The van der Waals surface area contributed by atoms with Crippen molar-refractivity contribution in [1.82, 2.24) is 0 Å². The average Bonchev–Trinajstić information content (AvgIpc) is 2.24. The summed E-state index contributed by atoms with van der Waals surface area (Å²) in [6, 6.07) is 0. The summed E-state index contributed by atoms with van der Waals surface area (Å²) in [6.07, 6.45) is 3.44. The first-order valence-corrected chi connectivity index (χ1v) is 5.40. The first kappa shape index (κ1) is 10.4. The van der Waals surface area contributed by atoms with Gasteiger partial charge in [-0.1, -0.05) is 0 Å². The Morgan fingerprint density at radius 1 is 1.14 bits per heavy atom. The Kier molecular flexibility index (Phi) is 3.42. The van der Waals surface area contributed by atoms with E-state index in [0.29, 0.717) is 12.3 Å². The Bertz CT molecular complexity index is 165. The van der Waals surface area contributed by atoms with Crippen molar-refractivity contribution in [2.24, 2.45) is 5.92 Å². The van der Waals surface area contributed by atoms with E-state index in [4.69, 9.17) is 21.1 Å². The molecule has 2 aliphatic heterocycles. The zero-order valence-corrected chi connectivity index (χ0v) is 8.54. The Morgan fingerprint density at radius 2 is 1.79 bits per heavy atom. The minimum Gasteiger partial charge on any atom is -0.381 e. The van der Waals surface area contributed by atoms with Crippen LogP contribution >= 0.6 is 0 Å². The van der Waals surface area contributed by atoms with Crippen LogP contribution in [0.5, 0.6) is 0 Å². The molecule has 1 spiro atoms. The summed E-state index contributed by atoms with van der Waals surface area (Å²) < 4.78 is 16.9. The number of hydrogen-bond acceptors (Lipinski definition) is 3. The molecular formula is C11H18O3. The second-order valence-corrected chi connectivity index (χ2v) is 4.09. The van der Waals surface area contributed by atoms with Crippen LogP contribution in [0.25, 0.3) is 0 Å². The van der Waals surface area contributed by atoms with Crippen molar-refractivity contribution in [2.75, 3.05) is 26.4 Å². The van der Waals surface area contributed by atoms with Crippen molar-refractivity contribution < 1.29 is 14.2 Å². The molecule has 2 fully saturated rings. The van der Waals surface area contributed by atoms with Gasteiger partial charge in [0.15, 0.2) is 5.79 Å². The largest absolute Gasteiger partial charge is 0.381 e. The minimum atomic E-state index is -0.330. The second-order valence-electron chi connectivity index (χ2n) is 4.09. The molecule has 0 bridgehead atoms. The predicted molar refractivity (Wildman–Crippen MR) is 51.7 cm³/mol. The molecule has 0 aromatic carbocycles. The van der Waals surface area contributed by atoms with Crippen molar-refractivity contribution in [2.45, 2.75) is 31.5 Å². The molecule has 0 unspecified atom stereocenters. The van der Waals surface area contributed by atoms with Gasteiger partial charge in [0.05, 0.1) is 26.4 Å². The molecule has 0 atom stereocenters. The van der Waals surface area contributed by atoms with Crippen molar-refractivity contribution >= 4 is 0 Å². The van der Waals surface area contributed by atoms with Crippen LogP contribution in [0, 0.1) is 12.8 Å². The van der Waals surface area contributed by atoms with Gasteiger partial charge in [-0.15, -0.1) is 0 Å². The van der Waals surface area contributed by atoms with E-state index in [9.17, 15) is 0 Å². The van der Waals surface area contributed by atoms with Crippen LogP contribution in [-0.4, -0.2) is 32.2 Å². The second kappa shape index (κ2) is 4.60. The molecule has 2 saturated heterocycles. The molecule has 80 valence electrons. The van der Waals surface area contributed by atoms with Gasteiger partial charge in [-0.25, -0.2) is 0 Å². The smallest absolute Gasteiger partial charge is 0.172 e. The Balaban J connectivity index is 1.81. The summed E-state index contributed by atoms with van der Waals surface area (Å²) in [7, 11) is 0. The van der Waals surface area contributed by atoms with Crippen molar-refractivity contribution in [3.8, 4) is 0 Å². The topological polar surface area (TPSA) is 27.7 Å². The average molecular weight is 198 g/mol. The van der Waals surface area contributed by atoms with E-state index in [-0.39, 0.29) is 5.79 Å². The van der Waals surface area contributed by atoms with E-state index in [2.05, 4.69) is 0 Å². The highest BCUT2D eigenvalue weighted by molar-refractivity contribution is 4.78. The van der Waals surface area contributed by atoms with Gasteiger partial charge in [-0.2, -0.15) is 0 Å². The SMILES string of the molecule is [CH]CCC1COC2(CCOCC2)OC1. The fraction of sp³-hybridized carbons (Fsp3) is 0.909. The molecular weight excluding hydrogens is 180 g/mol. The van der Waals surface area contributed by atoms with Gasteiger partial charge in [0, 0.05) is 18.8 Å². The van der Waals surface area contributed by atoms with Crippen molar-refractivity contribution in [1.29, 1.82) is 0 Å². The van der Waals surface area contributed by atoms with Crippen LogP contribution in [0.3, 0.4) is 0 Å². The maximum Gasteiger partial charge on any atom is 0.172 e. The summed E-state index contributed by atoms with van der Waals surface area (Å²) in [5.41, 5.74) is 0. The minimum absolute atomic E-state index is 0.330. The molecule has 3 nitrogen and oxygen atoms in total. The summed E-state index contributed by atoms with van der Waals surface area (Å²) in [4.78, 5) is 0. The standard InChI is InChI=1S/C11H18O3/c1-2-3-10-8-13-11(14-9-10)4-6-12-7-5-11/h1,10H,2-9H2. The monoisotopic (exact) mass is 198 g/mol. The molecule has 2 aliphatic rings. The van der Waals surface area contributed by atoms with Gasteiger partial charge in [0.25, 0.3) is 0 Å². The van der Waals surface area contributed by atoms with Crippen LogP contribution in [0.1, 0.15) is 25.7 Å². The van der Waals surface area contributed by atoms with E-state index in [1.807, 2.05) is 0 Å². The fourth-order valence-corrected chi connectivity index (χ4v) is 2.00. The maximum atomic E-state index is 5.81. The van der Waals surface area contributed by atoms with Crippen LogP contribution < -0.4 is 0 Å². The van der Waals surface area contributed by atoms with Gasteiger partial charge >= 0.3 is 0 Å². The molecule has 0 N–H and O–H groups in total. The first-order valence-electron chi connectivity index (χ1n) is 5.40. The molecule has 0 amide bonds. The maximum absolute atomic E-state index is 5.81. The normalized spacial score (nSPS) is 28.1. The fourth-order valence-electron chi connectivity index (χ4n) is 2.00. The molecule has 0 aliphatic carbocycles. The van der Waals surface area contributed by atoms with E-state index in [1.54, 1.807) is 0 Å². The van der Waals surface area contributed by atoms with Gasteiger partial charge in [0.2, 0.25) is 0 Å². The highest BCUT2D eigenvalue weighted by Crippen LogP contribution is 2.32. The quantitative estimate of drug-likeness (QED) is 0.675. The third-order valence-electron chi connectivity index (χ3n) is 2.99. The highest BCUT2D eigenvalue weighted by atomic mass is 16.7. The summed E-state index contributed by atoms with van der Waals surface area (Å²) >= 11 is 0. The van der Waals surface area contributed by atoms with Gasteiger partial charge in [-0.05, 0) is 19.8 Å². The predicted octanol–water partition coefficient (Wildman–Crippen LogP) is 1.65. The Hall–Kier alpha value is -0.120. The van der Waals surface area contributed by atoms with Crippen LogP contribution in [0.4, 0.5) is 0 Å². The zero-order valence-electron chi connectivity index (χ0n) is 8.54. The number of rotatable bonds is 2. The van der Waals surface area contributed by atoms with Crippen molar-refractivity contribution in [3.05, 3.63) is 6.92 Å². The molecule has 2 radical (unpaired) electrons. The van der Waals surface area contributed by atoms with Gasteiger partial charge < -0.3 is 14.2 Å². The molecule has 0 aromatic heterocycles. The Morgan fingerprint density at radius 3 is 2.36 bits per heavy atom. The molecule has 0 aromatic rings. The van der Waals surface area contributed by atoms with E-state index in [0.717, 1.165) is 45.7 Å². The van der Waals surface area contributed by atoms with Crippen LogP contribution in [0.2, 0.25) is 0 Å². The molecule has 14 heavy (non-hydrogen) atoms. The van der Waals surface area contributed by atoms with Crippen LogP contribution in [-0.2, 0) is 14.2 Å². The third-order valence-corrected chi connectivity index (χ3v) is 2.99. The zero-order chi connectivity index (χ0) is 9.86. The van der Waals surface area contributed by atoms with Crippen LogP contribution in [0.15, 0.2) is 0 Å². The molecule has 3 heteroatoms. The van der Waals surface area contributed by atoms with Gasteiger partial charge in [0.1, 0.15) is 0 Å². The number of hydrogen-bond donors (Lipinski definition) is 0. The highest BCUT2D eigenvalue weighted by Gasteiger charge is 2.38. The van der Waals surface area contributed by atoms with E-state index >= 15 is 0 Å². The lowest BCUT2D eigenvalue weighted by atomic mass is 10.0. The van der Waals surface area contributed by atoms with E-state index in [1.165, 1.54) is 0 Å². The first-order chi connectivity index (χ1) is 6.85. The van der Waals surface area contributed by atoms with Gasteiger partial charge in [-0.3, -0.25) is 0 Å². The Labute approximate surface area is 85.7 Å². The lowest BCUT2D eigenvalue weighted by Gasteiger charge is -2.42. The third kappa shape index (κ3) is 2.27. The summed E-state index contributed by atoms with van der Waals surface area (Å²) in [6.45, 7) is 8.58. The van der Waals surface area contributed by atoms with Crippen molar-refractivity contribution in [3.63, 3.8) is 0 Å². The summed E-state index contributed by atoms with van der Waals surface area (Å²) in [5.74, 6) is 0.150.